The van der Waals surface area contributed by atoms with E-state index >= 15 is 0 Å². The first kappa shape index (κ1) is 9.69. The Morgan fingerprint density at radius 2 is 2.31 bits per heavy atom. The number of hydrogen-bond donors (Lipinski definition) is 1. The van der Waals surface area contributed by atoms with Gasteiger partial charge in [-0.15, -0.1) is 0 Å². The van der Waals surface area contributed by atoms with Gasteiger partial charge in [0.1, 0.15) is 5.82 Å². The van der Waals surface area contributed by atoms with Gasteiger partial charge in [0.25, 0.3) is 0 Å². The summed E-state index contributed by atoms with van der Waals surface area (Å²) < 4.78 is 13.0. The molecule has 1 aromatic carbocycles. The van der Waals surface area contributed by atoms with E-state index in [0.717, 1.165) is 0 Å². The van der Waals surface area contributed by atoms with Crippen molar-refractivity contribution in [3.05, 3.63) is 35.1 Å². The van der Waals surface area contributed by atoms with Gasteiger partial charge in [0.2, 0.25) is 0 Å². The molecule has 2 N–H and O–H groups in total. The molecular weight excluding hydrogens is 167 g/mol. The van der Waals surface area contributed by atoms with E-state index in [1.807, 2.05) is 6.07 Å². The third-order valence-electron chi connectivity index (χ3n) is 2.02. The smallest absolute Gasteiger partial charge is 0.126 e. The molecule has 2 nitrogen and oxygen atoms in total. The van der Waals surface area contributed by atoms with Gasteiger partial charge in [0.15, 0.2) is 0 Å². The van der Waals surface area contributed by atoms with E-state index in [0.29, 0.717) is 11.1 Å². The lowest BCUT2D eigenvalue weighted by Gasteiger charge is -2.11. The van der Waals surface area contributed by atoms with Crippen molar-refractivity contribution in [1.29, 1.82) is 5.26 Å². The van der Waals surface area contributed by atoms with E-state index in [4.69, 9.17) is 11.0 Å². The molecule has 0 spiro atoms. The van der Waals surface area contributed by atoms with E-state index < -0.39 is 0 Å². The summed E-state index contributed by atoms with van der Waals surface area (Å²) in [7, 11) is 0. The zero-order chi connectivity index (χ0) is 9.84. The fourth-order valence-corrected chi connectivity index (χ4v) is 1.23. The first-order valence-corrected chi connectivity index (χ1v) is 4.04. The SMILES string of the molecule is Cc1c(F)cccc1[C@@H](N)CC#N. The molecule has 13 heavy (non-hydrogen) atoms. The maximum absolute atomic E-state index is 13.0. The Morgan fingerprint density at radius 1 is 1.62 bits per heavy atom. The summed E-state index contributed by atoms with van der Waals surface area (Å²) in [6.07, 6.45) is 0.213. The van der Waals surface area contributed by atoms with Crippen molar-refractivity contribution < 1.29 is 4.39 Å². The van der Waals surface area contributed by atoms with Crippen LogP contribution in [0.5, 0.6) is 0 Å². The topological polar surface area (TPSA) is 49.8 Å². The largest absolute Gasteiger partial charge is 0.323 e. The number of nitriles is 1. The second-order valence-electron chi connectivity index (χ2n) is 2.92. The third-order valence-corrected chi connectivity index (χ3v) is 2.02. The quantitative estimate of drug-likeness (QED) is 0.753. The van der Waals surface area contributed by atoms with Crippen LogP contribution in [0.15, 0.2) is 18.2 Å². The minimum Gasteiger partial charge on any atom is -0.323 e. The fourth-order valence-electron chi connectivity index (χ4n) is 1.23. The minimum atomic E-state index is -0.388. The average molecular weight is 178 g/mol. The maximum atomic E-state index is 13.0. The van der Waals surface area contributed by atoms with E-state index in [2.05, 4.69) is 0 Å². The second kappa shape index (κ2) is 4.01. The van der Waals surface area contributed by atoms with Gasteiger partial charge in [0, 0.05) is 6.04 Å². The molecule has 0 aliphatic carbocycles. The highest BCUT2D eigenvalue weighted by molar-refractivity contribution is 5.30. The monoisotopic (exact) mass is 178 g/mol. The lowest BCUT2D eigenvalue weighted by atomic mass is 10.00. The molecule has 0 aliphatic heterocycles. The molecule has 0 aromatic heterocycles. The molecular formula is C10H11FN2. The molecule has 0 saturated carbocycles. The molecule has 0 aliphatic rings. The molecule has 0 radical (unpaired) electrons. The van der Waals surface area contributed by atoms with E-state index in [-0.39, 0.29) is 18.3 Å². The second-order valence-corrected chi connectivity index (χ2v) is 2.92. The van der Waals surface area contributed by atoms with Crippen LogP contribution in [0.25, 0.3) is 0 Å². The van der Waals surface area contributed by atoms with E-state index in [1.165, 1.54) is 6.07 Å². The summed E-state index contributed by atoms with van der Waals surface area (Å²) >= 11 is 0. The van der Waals surface area contributed by atoms with Gasteiger partial charge in [-0.05, 0) is 24.1 Å². The van der Waals surface area contributed by atoms with Crippen LogP contribution < -0.4 is 5.73 Å². The molecule has 0 fully saturated rings. The molecule has 0 saturated heterocycles. The van der Waals surface area contributed by atoms with E-state index in [1.54, 1.807) is 19.1 Å². The Balaban J connectivity index is 3.02. The van der Waals surface area contributed by atoms with Crippen LogP contribution in [0, 0.1) is 24.1 Å². The van der Waals surface area contributed by atoms with Crippen molar-refractivity contribution >= 4 is 0 Å². The summed E-state index contributed by atoms with van der Waals surface area (Å²) in [6, 6.07) is 6.32. The van der Waals surface area contributed by atoms with Crippen LogP contribution in [-0.4, -0.2) is 0 Å². The summed E-state index contributed by atoms with van der Waals surface area (Å²) in [5, 5.41) is 8.43. The highest BCUT2D eigenvalue weighted by Crippen LogP contribution is 2.19. The normalized spacial score (nSPS) is 12.2. The van der Waals surface area contributed by atoms with Gasteiger partial charge >= 0.3 is 0 Å². The molecule has 1 atom stereocenters. The zero-order valence-electron chi connectivity index (χ0n) is 7.42. The Kier molecular flexibility index (Phi) is 2.99. The molecule has 0 unspecified atom stereocenters. The van der Waals surface area contributed by atoms with Crippen molar-refractivity contribution in [2.45, 2.75) is 19.4 Å². The number of rotatable bonds is 2. The number of benzene rings is 1. The summed E-state index contributed by atoms with van der Waals surface area (Å²) in [4.78, 5) is 0. The Hall–Kier alpha value is -1.40. The maximum Gasteiger partial charge on any atom is 0.126 e. The van der Waals surface area contributed by atoms with Gasteiger partial charge in [-0.1, -0.05) is 12.1 Å². The van der Waals surface area contributed by atoms with Crippen LogP contribution >= 0.6 is 0 Å². The van der Waals surface area contributed by atoms with Crippen LogP contribution in [-0.2, 0) is 0 Å². The standard InChI is InChI=1S/C10H11FN2/c1-7-8(10(13)5-6-12)3-2-4-9(7)11/h2-4,10H,5,13H2,1H3/t10-/m0/s1. The number of halogens is 1. The van der Waals surface area contributed by atoms with Gasteiger partial charge in [-0.25, -0.2) is 4.39 Å². The van der Waals surface area contributed by atoms with Crippen molar-refractivity contribution in [3.63, 3.8) is 0 Å². The molecule has 68 valence electrons. The number of hydrogen-bond acceptors (Lipinski definition) is 2. The van der Waals surface area contributed by atoms with Gasteiger partial charge in [0.05, 0.1) is 12.5 Å². The molecule has 1 aromatic rings. The third kappa shape index (κ3) is 2.04. The highest BCUT2D eigenvalue weighted by atomic mass is 19.1. The van der Waals surface area contributed by atoms with Crippen LogP contribution in [0.2, 0.25) is 0 Å². The van der Waals surface area contributed by atoms with Crippen molar-refractivity contribution in [3.8, 4) is 6.07 Å². The minimum absolute atomic E-state index is 0.213. The van der Waals surface area contributed by atoms with Crippen molar-refractivity contribution in [1.82, 2.24) is 0 Å². The lowest BCUT2D eigenvalue weighted by Crippen LogP contribution is -2.11. The molecule has 3 heteroatoms. The van der Waals surface area contributed by atoms with Gasteiger partial charge < -0.3 is 5.73 Å². The molecule has 0 amide bonds. The Morgan fingerprint density at radius 3 is 2.92 bits per heavy atom. The Bertz CT molecular complexity index is 341. The Labute approximate surface area is 76.8 Å². The number of nitrogens with zero attached hydrogens (tertiary/aromatic N) is 1. The van der Waals surface area contributed by atoms with E-state index in [9.17, 15) is 4.39 Å². The van der Waals surface area contributed by atoms with Crippen molar-refractivity contribution in [2.75, 3.05) is 0 Å². The predicted octanol–water partition coefficient (Wildman–Crippen LogP) is 2.05. The molecule has 0 heterocycles. The first-order chi connectivity index (χ1) is 6.16. The zero-order valence-corrected chi connectivity index (χ0v) is 7.42. The highest BCUT2D eigenvalue weighted by Gasteiger charge is 2.10. The number of nitrogens with two attached hydrogens (primary N) is 1. The fraction of sp³-hybridized carbons (Fsp3) is 0.300. The molecule has 1 rings (SSSR count). The summed E-state index contributed by atoms with van der Waals surface area (Å²) in [5.41, 5.74) is 6.93. The first-order valence-electron chi connectivity index (χ1n) is 4.04. The van der Waals surface area contributed by atoms with Crippen LogP contribution in [0.4, 0.5) is 4.39 Å². The van der Waals surface area contributed by atoms with Gasteiger partial charge in [-0.3, -0.25) is 0 Å². The predicted molar refractivity (Wildman–Crippen MR) is 48.3 cm³/mol. The van der Waals surface area contributed by atoms with Gasteiger partial charge in [-0.2, -0.15) is 5.26 Å². The summed E-state index contributed by atoms with van der Waals surface area (Å²) in [5.74, 6) is -0.272. The lowest BCUT2D eigenvalue weighted by molar-refractivity contribution is 0.608. The summed E-state index contributed by atoms with van der Waals surface area (Å²) in [6.45, 7) is 1.67. The molecule has 0 bridgehead atoms. The van der Waals surface area contributed by atoms with Crippen molar-refractivity contribution in [2.24, 2.45) is 5.73 Å². The van der Waals surface area contributed by atoms with Crippen LogP contribution in [0.1, 0.15) is 23.6 Å². The van der Waals surface area contributed by atoms with Crippen LogP contribution in [0.3, 0.4) is 0 Å². The average Bonchev–Trinajstić information content (AvgIpc) is 2.10.